The lowest BCUT2D eigenvalue weighted by atomic mass is 10.1. The Morgan fingerprint density at radius 1 is 0.929 bits per heavy atom. The van der Waals surface area contributed by atoms with Gasteiger partial charge in [0.1, 0.15) is 11.4 Å². The number of hydrazone groups is 1. The number of nitro groups is 1. The summed E-state index contributed by atoms with van der Waals surface area (Å²) in [6.07, 6.45) is 3.24. The van der Waals surface area contributed by atoms with Crippen molar-refractivity contribution in [2.45, 2.75) is 4.90 Å². The quantitative estimate of drug-likeness (QED) is 0.112. The third-order valence-corrected chi connectivity index (χ3v) is 7.44. The number of aromatic nitrogens is 2. The maximum absolute atomic E-state index is 13.0. The highest BCUT2D eigenvalue weighted by Gasteiger charge is 2.23. The summed E-state index contributed by atoms with van der Waals surface area (Å²) in [5, 5.41) is 30.1. The smallest absolute Gasteiger partial charge is 0.337 e. The first kappa shape index (κ1) is 27.7. The van der Waals surface area contributed by atoms with Gasteiger partial charge in [0.15, 0.2) is 0 Å². The van der Waals surface area contributed by atoms with Crippen LogP contribution in [0.25, 0.3) is 16.9 Å². The van der Waals surface area contributed by atoms with Gasteiger partial charge < -0.3 is 5.11 Å². The molecule has 0 saturated heterocycles. The van der Waals surface area contributed by atoms with Crippen LogP contribution in [0.1, 0.15) is 15.9 Å². The third kappa shape index (κ3) is 6.00. The highest BCUT2D eigenvalue weighted by Crippen LogP contribution is 2.29. The average Bonchev–Trinajstić information content (AvgIpc) is 3.42. The third-order valence-electron chi connectivity index (χ3n) is 6.08. The molecule has 13 heteroatoms. The number of benzene rings is 4. The number of aromatic carboxylic acids is 1. The minimum absolute atomic E-state index is 0.0575. The molecule has 3 N–H and O–H groups in total. The molecule has 0 aliphatic heterocycles. The zero-order chi connectivity index (χ0) is 29.7. The number of hydrogen-bond acceptors (Lipinski definition) is 8. The van der Waals surface area contributed by atoms with Crippen molar-refractivity contribution in [1.82, 2.24) is 9.78 Å². The Morgan fingerprint density at radius 2 is 1.60 bits per heavy atom. The zero-order valence-corrected chi connectivity index (χ0v) is 22.5. The van der Waals surface area contributed by atoms with Gasteiger partial charge in [0.2, 0.25) is 0 Å². The molecule has 12 nitrogen and oxygen atoms in total. The van der Waals surface area contributed by atoms with E-state index < -0.39 is 31.5 Å². The van der Waals surface area contributed by atoms with Crippen LogP contribution in [0.15, 0.2) is 119 Å². The molecule has 42 heavy (non-hydrogen) atoms. The van der Waals surface area contributed by atoms with E-state index in [-0.39, 0.29) is 16.9 Å². The molecule has 0 saturated carbocycles. The summed E-state index contributed by atoms with van der Waals surface area (Å²) in [6.45, 7) is 0. The largest absolute Gasteiger partial charge is 0.478 e. The maximum Gasteiger partial charge on any atom is 0.337 e. The van der Waals surface area contributed by atoms with Gasteiger partial charge in [0, 0.05) is 23.4 Å². The van der Waals surface area contributed by atoms with E-state index in [1.54, 1.807) is 10.9 Å². The van der Waals surface area contributed by atoms with E-state index in [9.17, 15) is 28.4 Å². The fraction of sp³-hybridized carbons (Fsp3) is 0. The van der Waals surface area contributed by atoms with Crippen LogP contribution in [0.4, 0.5) is 17.1 Å². The van der Waals surface area contributed by atoms with Crippen molar-refractivity contribution in [1.29, 1.82) is 0 Å². The highest BCUT2D eigenvalue weighted by atomic mass is 32.2. The van der Waals surface area contributed by atoms with Crippen LogP contribution >= 0.6 is 0 Å². The number of carboxylic acids is 1. The van der Waals surface area contributed by atoms with Gasteiger partial charge >= 0.3 is 5.97 Å². The van der Waals surface area contributed by atoms with Crippen LogP contribution in [0.3, 0.4) is 0 Å². The molecule has 0 aliphatic carbocycles. The van der Waals surface area contributed by atoms with Gasteiger partial charge in [-0.25, -0.2) is 17.9 Å². The first-order valence-electron chi connectivity index (χ1n) is 12.4. The Bertz CT molecular complexity index is 1910. The molecule has 1 aromatic heterocycles. The summed E-state index contributed by atoms with van der Waals surface area (Å²) in [5.74, 6) is -1.33. The van der Waals surface area contributed by atoms with Crippen LogP contribution in [0.2, 0.25) is 0 Å². The molecule has 0 amide bonds. The van der Waals surface area contributed by atoms with Crippen LogP contribution in [-0.2, 0) is 10.0 Å². The minimum atomic E-state index is -4.36. The summed E-state index contributed by atoms with van der Waals surface area (Å²) in [7, 11) is -4.36. The molecule has 1 heterocycles. The standard InChI is InChI=1S/C29H22N6O6S/c36-29(37)24-13-7-8-14-25(24)33-42(40,41)23-15-16-26(27(17-23)35(38)39)31-30-18-21-19-34(22-11-5-2-6-12-22)32-28(21)20-9-3-1-4-10-20/h1-19,31,33H,(H,36,37)/b30-18+. The van der Waals surface area contributed by atoms with E-state index in [0.717, 1.165) is 23.4 Å². The zero-order valence-electron chi connectivity index (χ0n) is 21.7. The van der Waals surface area contributed by atoms with Gasteiger partial charge in [-0.1, -0.05) is 60.7 Å². The molecule has 210 valence electrons. The number of nitrogens with one attached hydrogen (secondary N) is 2. The van der Waals surface area contributed by atoms with Gasteiger partial charge in [-0.2, -0.15) is 10.2 Å². The predicted molar refractivity (Wildman–Crippen MR) is 158 cm³/mol. The Hall–Kier alpha value is -5.82. The summed E-state index contributed by atoms with van der Waals surface area (Å²) in [6, 6.07) is 27.6. The number of rotatable bonds is 10. The molecule has 0 spiro atoms. The molecule has 0 fully saturated rings. The molecule has 4 aromatic carbocycles. The van der Waals surface area contributed by atoms with Crippen LogP contribution < -0.4 is 10.1 Å². The summed E-state index contributed by atoms with van der Waals surface area (Å²) in [5.41, 5.74) is 4.49. The Labute approximate surface area is 239 Å². The Morgan fingerprint density at radius 3 is 2.29 bits per heavy atom. The van der Waals surface area contributed by atoms with Crippen molar-refractivity contribution in [3.05, 3.63) is 131 Å². The van der Waals surface area contributed by atoms with Crippen molar-refractivity contribution < 1.29 is 23.2 Å². The van der Waals surface area contributed by atoms with Crippen LogP contribution in [-0.4, -0.2) is 40.4 Å². The monoisotopic (exact) mass is 582 g/mol. The van der Waals surface area contributed by atoms with Gasteiger partial charge in [-0.3, -0.25) is 20.3 Å². The fourth-order valence-corrected chi connectivity index (χ4v) is 5.17. The lowest BCUT2D eigenvalue weighted by molar-refractivity contribution is -0.384. The Balaban J connectivity index is 1.43. The molecule has 0 bridgehead atoms. The van der Waals surface area contributed by atoms with Gasteiger partial charge in [0.25, 0.3) is 15.7 Å². The second-order valence-corrected chi connectivity index (χ2v) is 10.5. The number of anilines is 2. The lowest BCUT2D eigenvalue weighted by Crippen LogP contribution is -2.16. The van der Waals surface area contributed by atoms with Gasteiger partial charge in [0.05, 0.1) is 33.0 Å². The molecular formula is C29H22N6O6S. The lowest BCUT2D eigenvalue weighted by Gasteiger charge is -2.11. The van der Waals surface area contributed by atoms with Crippen molar-refractivity contribution >= 4 is 39.3 Å². The van der Waals surface area contributed by atoms with Crippen LogP contribution in [0.5, 0.6) is 0 Å². The van der Waals surface area contributed by atoms with Crippen LogP contribution in [0, 0.1) is 10.1 Å². The SMILES string of the molecule is O=C(O)c1ccccc1NS(=O)(=O)c1ccc(N/N=C/c2cn(-c3ccccc3)nc2-c2ccccc2)c([N+](=O)[O-])c1. The van der Waals surface area contributed by atoms with Gasteiger partial charge in [-0.15, -0.1) is 0 Å². The molecular weight excluding hydrogens is 560 g/mol. The number of carboxylic acid groups (broad SMARTS) is 1. The van der Waals surface area contributed by atoms with E-state index in [4.69, 9.17) is 5.10 Å². The number of carbonyl (C=O) groups is 1. The second-order valence-electron chi connectivity index (χ2n) is 8.84. The number of sulfonamides is 1. The van der Waals surface area contributed by atoms with E-state index >= 15 is 0 Å². The summed E-state index contributed by atoms with van der Waals surface area (Å²) >= 11 is 0. The number of nitrogens with zero attached hydrogens (tertiary/aromatic N) is 4. The Kier molecular flexibility index (Phi) is 7.75. The number of nitro benzene ring substituents is 1. The summed E-state index contributed by atoms with van der Waals surface area (Å²) in [4.78, 5) is 22.1. The summed E-state index contributed by atoms with van der Waals surface area (Å²) < 4.78 is 29.8. The minimum Gasteiger partial charge on any atom is -0.478 e. The van der Waals surface area contributed by atoms with Crippen molar-refractivity contribution in [3.8, 4) is 16.9 Å². The van der Waals surface area contributed by atoms with Gasteiger partial charge in [-0.05, 0) is 36.4 Å². The molecule has 0 unspecified atom stereocenters. The fourth-order valence-electron chi connectivity index (χ4n) is 4.07. The maximum atomic E-state index is 13.0. The topological polar surface area (TPSA) is 169 Å². The molecule has 5 aromatic rings. The van der Waals surface area contributed by atoms with E-state index in [2.05, 4.69) is 15.2 Å². The molecule has 0 atom stereocenters. The second kappa shape index (κ2) is 11.7. The number of hydrogen-bond donors (Lipinski definition) is 3. The highest BCUT2D eigenvalue weighted by molar-refractivity contribution is 7.92. The average molecular weight is 583 g/mol. The van der Waals surface area contributed by atoms with E-state index in [1.807, 2.05) is 60.7 Å². The molecule has 0 radical (unpaired) electrons. The normalized spacial score (nSPS) is 11.3. The van der Waals surface area contributed by atoms with Crippen molar-refractivity contribution in [2.24, 2.45) is 5.10 Å². The van der Waals surface area contributed by atoms with Crippen molar-refractivity contribution in [3.63, 3.8) is 0 Å². The van der Waals surface area contributed by atoms with E-state index in [0.29, 0.717) is 11.3 Å². The molecule has 0 aliphatic rings. The predicted octanol–water partition coefficient (Wildman–Crippen LogP) is 5.39. The first-order valence-corrected chi connectivity index (χ1v) is 13.8. The first-order chi connectivity index (χ1) is 20.2. The molecule has 5 rings (SSSR count). The van der Waals surface area contributed by atoms with Crippen molar-refractivity contribution in [2.75, 3.05) is 10.1 Å². The number of para-hydroxylation sites is 2. The van der Waals surface area contributed by atoms with E-state index in [1.165, 1.54) is 36.5 Å².